The third-order valence-electron chi connectivity index (χ3n) is 6.13. The molecule has 0 radical (unpaired) electrons. The summed E-state index contributed by atoms with van der Waals surface area (Å²) in [6.45, 7) is 3.41. The van der Waals surface area contributed by atoms with Gasteiger partial charge in [0, 0.05) is 10.0 Å². The van der Waals surface area contributed by atoms with E-state index < -0.39 is 17.6 Å². The van der Waals surface area contributed by atoms with Gasteiger partial charge < -0.3 is 23.7 Å². The summed E-state index contributed by atoms with van der Waals surface area (Å²) >= 11 is 10.0. The molecule has 1 N–H and O–H groups in total. The number of furan rings is 1. The standard InChI is InChI=1S/C29H23BrClN3O7/c1-4-39-22-12-16(24(30)25(31)26(22)40-15(2)29(36)37)14-32-34-27(33-19-9-6-5-8-17(19)28(34)35)23-13-18-20(38-3)10-7-11-21(18)41-23/h5-15H,4H2,1-3H3,(H,36,37)/t15-/m0/s1. The fraction of sp³-hybridized carbons (Fsp3) is 0.172. The maximum atomic E-state index is 13.6. The highest BCUT2D eigenvalue weighted by atomic mass is 79.9. The third kappa shape index (κ3) is 5.38. The first-order chi connectivity index (χ1) is 19.7. The van der Waals surface area contributed by atoms with Crippen LogP contribution in [0.15, 0.2) is 73.4 Å². The van der Waals surface area contributed by atoms with Gasteiger partial charge in [0.2, 0.25) is 5.82 Å². The number of para-hydroxylation sites is 1. The number of hydrogen-bond acceptors (Lipinski definition) is 8. The molecule has 1 atom stereocenters. The summed E-state index contributed by atoms with van der Waals surface area (Å²) in [6.07, 6.45) is 0.235. The Bertz CT molecular complexity index is 1880. The van der Waals surface area contributed by atoms with E-state index in [2.05, 4.69) is 21.0 Å². The van der Waals surface area contributed by atoms with Gasteiger partial charge in [-0.15, -0.1) is 0 Å². The molecule has 0 fully saturated rings. The number of aromatic nitrogens is 2. The molecular weight excluding hydrogens is 618 g/mol. The van der Waals surface area contributed by atoms with E-state index in [9.17, 15) is 14.7 Å². The number of aliphatic carboxylic acids is 1. The highest BCUT2D eigenvalue weighted by molar-refractivity contribution is 9.10. The van der Waals surface area contributed by atoms with Gasteiger partial charge in [-0.25, -0.2) is 9.78 Å². The molecule has 3 aromatic carbocycles. The van der Waals surface area contributed by atoms with Crippen molar-refractivity contribution >= 4 is 61.6 Å². The zero-order valence-electron chi connectivity index (χ0n) is 22.1. The normalized spacial score (nSPS) is 12.2. The van der Waals surface area contributed by atoms with Crippen molar-refractivity contribution < 1.29 is 28.5 Å². The Hall–Kier alpha value is -4.35. The molecule has 0 saturated heterocycles. The smallest absolute Gasteiger partial charge is 0.344 e. The second-order valence-electron chi connectivity index (χ2n) is 8.75. The lowest BCUT2D eigenvalue weighted by Crippen LogP contribution is -2.23. The Morgan fingerprint density at radius 3 is 2.71 bits per heavy atom. The molecule has 0 saturated carbocycles. The van der Waals surface area contributed by atoms with Crippen molar-refractivity contribution in [3.63, 3.8) is 0 Å². The van der Waals surface area contributed by atoms with Crippen LogP contribution < -0.4 is 19.8 Å². The first-order valence-corrected chi connectivity index (χ1v) is 13.6. The zero-order chi connectivity index (χ0) is 29.3. The van der Waals surface area contributed by atoms with Crippen molar-refractivity contribution in [3.8, 4) is 28.8 Å². The minimum atomic E-state index is -1.18. The molecule has 210 valence electrons. The van der Waals surface area contributed by atoms with Gasteiger partial charge in [0.15, 0.2) is 23.4 Å². The van der Waals surface area contributed by atoms with Gasteiger partial charge in [-0.2, -0.15) is 9.78 Å². The maximum absolute atomic E-state index is 13.6. The minimum Gasteiger partial charge on any atom is -0.496 e. The minimum absolute atomic E-state index is 0.0638. The van der Waals surface area contributed by atoms with Crippen LogP contribution in [-0.4, -0.2) is 46.8 Å². The highest BCUT2D eigenvalue weighted by Gasteiger charge is 2.23. The molecule has 0 amide bonds. The van der Waals surface area contributed by atoms with E-state index in [0.717, 1.165) is 4.68 Å². The highest BCUT2D eigenvalue weighted by Crippen LogP contribution is 2.43. The molecule has 2 heterocycles. The van der Waals surface area contributed by atoms with Crippen LogP contribution in [-0.2, 0) is 4.79 Å². The number of methoxy groups -OCH3 is 1. The fourth-order valence-corrected chi connectivity index (χ4v) is 4.77. The molecule has 2 aromatic heterocycles. The van der Waals surface area contributed by atoms with Crippen molar-refractivity contribution in [2.75, 3.05) is 13.7 Å². The van der Waals surface area contributed by atoms with Crippen molar-refractivity contribution in [3.05, 3.63) is 80.0 Å². The largest absolute Gasteiger partial charge is 0.496 e. The summed E-state index contributed by atoms with van der Waals surface area (Å²) in [5, 5.41) is 14.9. The molecule has 41 heavy (non-hydrogen) atoms. The zero-order valence-corrected chi connectivity index (χ0v) is 24.4. The number of rotatable bonds is 9. The van der Waals surface area contributed by atoms with E-state index >= 15 is 0 Å². The molecule has 5 aromatic rings. The number of hydrogen-bond donors (Lipinski definition) is 1. The summed E-state index contributed by atoms with van der Waals surface area (Å²) in [7, 11) is 1.56. The van der Waals surface area contributed by atoms with Crippen LogP contribution >= 0.6 is 27.5 Å². The van der Waals surface area contributed by atoms with E-state index in [1.54, 1.807) is 62.6 Å². The average Bonchev–Trinajstić information content (AvgIpc) is 3.41. The number of halogens is 2. The SMILES string of the molecule is CCOc1cc(C=Nn2c(-c3cc4c(OC)cccc4o3)nc3ccccc3c2=O)c(Br)c(Cl)c1O[C@@H](C)C(=O)O. The first-order valence-electron chi connectivity index (χ1n) is 12.4. The Labute approximate surface area is 246 Å². The average molecular weight is 641 g/mol. The second kappa shape index (κ2) is 11.6. The second-order valence-corrected chi connectivity index (χ2v) is 9.92. The monoisotopic (exact) mass is 639 g/mol. The van der Waals surface area contributed by atoms with Crippen LogP contribution in [0, 0.1) is 0 Å². The number of benzene rings is 3. The molecule has 0 aliphatic carbocycles. The van der Waals surface area contributed by atoms with E-state index in [0.29, 0.717) is 43.4 Å². The van der Waals surface area contributed by atoms with Crippen LogP contribution in [0.4, 0.5) is 0 Å². The van der Waals surface area contributed by atoms with Crippen molar-refractivity contribution in [2.45, 2.75) is 20.0 Å². The number of carboxylic acid groups (broad SMARTS) is 1. The number of carbonyl (C=O) groups is 1. The van der Waals surface area contributed by atoms with Gasteiger partial charge in [-0.3, -0.25) is 4.79 Å². The van der Waals surface area contributed by atoms with E-state index in [1.165, 1.54) is 13.1 Å². The molecule has 0 aliphatic rings. The predicted octanol–water partition coefficient (Wildman–Crippen LogP) is 6.37. The number of ether oxygens (including phenoxy) is 3. The van der Waals surface area contributed by atoms with Gasteiger partial charge in [0.1, 0.15) is 16.4 Å². The summed E-state index contributed by atoms with van der Waals surface area (Å²) in [5.41, 5.74) is 1.05. The molecule has 0 aliphatic heterocycles. The van der Waals surface area contributed by atoms with Crippen LogP contribution in [0.1, 0.15) is 19.4 Å². The van der Waals surface area contributed by atoms with Crippen LogP contribution in [0.25, 0.3) is 33.5 Å². The Balaban J connectivity index is 1.68. The van der Waals surface area contributed by atoms with Gasteiger partial charge in [-0.05, 0) is 66.2 Å². The summed E-state index contributed by atoms with van der Waals surface area (Å²) in [6, 6.07) is 15.7. The number of fused-ring (bicyclic) bond motifs is 2. The Morgan fingerprint density at radius 2 is 1.98 bits per heavy atom. The van der Waals surface area contributed by atoms with Crippen LogP contribution in [0.2, 0.25) is 5.02 Å². The lowest BCUT2D eigenvalue weighted by atomic mass is 10.2. The fourth-order valence-electron chi connectivity index (χ4n) is 4.13. The van der Waals surface area contributed by atoms with E-state index in [-0.39, 0.29) is 29.0 Å². The molecular formula is C29H23BrClN3O7. The van der Waals surface area contributed by atoms with Crippen molar-refractivity contribution in [2.24, 2.45) is 5.10 Å². The topological polar surface area (TPSA) is 125 Å². The quantitative estimate of drug-likeness (QED) is 0.184. The molecule has 0 bridgehead atoms. The van der Waals surface area contributed by atoms with Gasteiger partial charge in [-0.1, -0.05) is 29.8 Å². The van der Waals surface area contributed by atoms with Crippen molar-refractivity contribution in [1.29, 1.82) is 0 Å². The molecule has 0 unspecified atom stereocenters. The lowest BCUT2D eigenvalue weighted by molar-refractivity contribution is -0.144. The van der Waals surface area contributed by atoms with E-state index in [4.69, 9.17) is 35.2 Å². The molecule has 10 nitrogen and oxygen atoms in total. The Morgan fingerprint density at radius 1 is 1.20 bits per heavy atom. The third-order valence-corrected chi connectivity index (χ3v) is 7.57. The molecule has 0 spiro atoms. The van der Waals surface area contributed by atoms with E-state index in [1.807, 2.05) is 6.07 Å². The predicted molar refractivity (Wildman–Crippen MR) is 159 cm³/mol. The summed E-state index contributed by atoms with van der Waals surface area (Å²) in [4.78, 5) is 29.7. The molecule has 12 heteroatoms. The van der Waals surface area contributed by atoms with Crippen LogP contribution in [0.5, 0.6) is 17.2 Å². The maximum Gasteiger partial charge on any atom is 0.344 e. The van der Waals surface area contributed by atoms with Crippen molar-refractivity contribution in [1.82, 2.24) is 9.66 Å². The number of nitrogens with zero attached hydrogens (tertiary/aromatic N) is 3. The summed E-state index contributed by atoms with van der Waals surface area (Å²) < 4.78 is 24.3. The summed E-state index contributed by atoms with van der Waals surface area (Å²) in [5.74, 6) is 0.202. The number of carboxylic acids is 1. The lowest BCUT2D eigenvalue weighted by Gasteiger charge is -2.18. The first kappa shape index (κ1) is 28.2. The van der Waals surface area contributed by atoms with Crippen LogP contribution in [0.3, 0.4) is 0 Å². The Kier molecular flexibility index (Phi) is 8.00. The van der Waals surface area contributed by atoms with Gasteiger partial charge in [0.25, 0.3) is 5.56 Å². The van der Waals surface area contributed by atoms with Gasteiger partial charge >= 0.3 is 5.97 Å². The van der Waals surface area contributed by atoms with Gasteiger partial charge in [0.05, 0.1) is 36.2 Å². The molecule has 5 rings (SSSR count).